The maximum Gasteiger partial charge on any atom is 0.266 e. The van der Waals surface area contributed by atoms with E-state index in [0.29, 0.717) is 10.9 Å². The molecule has 7 heteroatoms. The maximum atomic E-state index is 12.6. The van der Waals surface area contributed by atoms with Crippen molar-refractivity contribution in [2.75, 3.05) is 5.32 Å². The Balaban J connectivity index is 1.48. The fourth-order valence-corrected chi connectivity index (χ4v) is 4.42. The lowest BCUT2D eigenvalue weighted by molar-refractivity contribution is -0.122. The first-order valence-electron chi connectivity index (χ1n) is 8.97. The van der Waals surface area contributed by atoms with Crippen LogP contribution in [0.2, 0.25) is 0 Å². The summed E-state index contributed by atoms with van der Waals surface area (Å²) in [7, 11) is 1.95. The number of amides is 1. The molecule has 140 valence electrons. The van der Waals surface area contributed by atoms with E-state index in [4.69, 9.17) is 4.74 Å². The highest BCUT2D eigenvalue weighted by Gasteiger charge is 2.25. The highest BCUT2D eigenvalue weighted by atomic mass is 32.1. The molecule has 2 heterocycles. The van der Waals surface area contributed by atoms with E-state index in [1.54, 1.807) is 6.92 Å². The summed E-state index contributed by atoms with van der Waals surface area (Å²) in [5, 5.41) is 7.84. The molecular formula is C20H22N4O2S. The molecule has 2 aromatic heterocycles. The minimum atomic E-state index is -0.610. The second kappa shape index (κ2) is 6.81. The minimum absolute atomic E-state index is 0.202. The monoisotopic (exact) mass is 382 g/mol. The van der Waals surface area contributed by atoms with Crippen LogP contribution < -0.4 is 10.1 Å². The van der Waals surface area contributed by atoms with Gasteiger partial charge in [-0.2, -0.15) is 5.10 Å². The molecule has 1 amide bonds. The number of anilines is 1. The number of carbonyl (C=O) groups excluding carboxylic acids is 1. The number of nitrogens with one attached hydrogen (secondary N) is 1. The summed E-state index contributed by atoms with van der Waals surface area (Å²) in [6.07, 6.45) is 3.11. The van der Waals surface area contributed by atoms with Crippen LogP contribution in [0, 0.1) is 13.8 Å². The van der Waals surface area contributed by atoms with Crippen molar-refractivity contribution in [1.82, 2.24) is 14.8 Å². The van der Waals surface area contributed by atoms with Crippen LogP contribution in [0.25, 0.3) is 11.3 Å². The minimum Gasteiger partial charge on any atom is -0.481 e. The summed E-state index contributed by atoms with van der Waals surface area (Å²) in [4.78, 5) is 18.4. The van der Waals surface area contributed by atoms with E-state index >= 15 is 0 Å². The summed E-state index contributed by atoms with van der Waals surface area (Å²) in [6.45, 7) is 5.77. The van der Waals surface area contributed by atoms with Crippen molar-refractivity contribution in [3.05, 3.63) is 46.1 Å². The average Bonchev–Trinajstić information content (AvgIpc) is 3.16. The van der Waals surface area contributed by atoms with Gasteiger partial charge in [-0.25, -0.2) is 4.98 Å². The van der Waals surface area contributed by atoms with Gasteiger partial charge in [0.1, 0.15) is 5.75 Å². The van der Waals surface area contributed by atoms with E-state index < -0.39 is 6.10 Å². The number of ether oxygens (including phenoxy) is 1. The highest BCUT2D eigenvalue weighted by molar-refractivity contribution is 7.16. The van der Waals surface area contributed by atoms with Crippen LogP contribution in [-0.2, 0) is 24.7 Å². The highest BCUT2D eigenvalue weighted by Crippen LogP contribution is 2.37. The Labute approximate surface area is 162 Å². The normalized spacial score (nSPS) is 13.6. The number of aromatic nitrogens is 3. The van der Waals surface area contributed by atoms with E-state index in [2.05, 4.69) is 21.5 Å². The zero-order valence-corrected chi connectivity index (χ0v) is 16.7. The molecule has 3 aromatic rings. The Morgan fingerprint density at radius 3 is 2.74 bits per heavy atom. The number of carbonyl (C=O) groups is 1. The average molecular weight is 382 g/mol. The zero-order valence-electron chi connectivity index (χ0n) is 15.9. The first-order chi connectivity index (χ1) is 12.9. The third-order valence-electron chi connectivity index (χ3n) is 4.71. The fraction of sp³-hybridized carbons (Fsp3) is 0.350. The van der Waals surface area contributed by atoms with Gasteiger partial charge in [0.05, 0.1) is 11.9 Å². The molecule has 0 saturated heterocycles. The second-order valence-electron chi connectivity index (χ2n) is 6.99. The van der Waals surface area contributed by atoms with Crippen LogP contribution >= 0.6 is 11.3 Å². The van der Waals surface area contributed by atoms with E-state index in [-0.39, 0.29) is 5.91 Å². The predicted molar refractivity (Wildman–Crippen MR) is 106 cm³/mol. The summed E-state index contributed by atoms with van der Waals surface area (Å²) in [6, 6.07) is 5.94. The number of hydrogen-bond acceptors (Lipinski definition) is 5. The molecular weight excluding hydrogens is 360 g/mol. The molecule has 1 aliphatic rings. The van der Waals surface area contributed by atoms with Gasteiger partial charge in [0.2, 0.25) is 0 Å². The Kier molecular flexibility index (Phi) is 4.47. The van der Waals surface area contributed by atoms with E-state index in [1.807, 2.05) is 43.9 Å². The number of rotatable bonds is 4. The molecule has 0 fully saturated rings. The van der Waals surface area contributed by atoms with Gasteiger partial charge >= 0.3 is 0 Å². The molecule has 0 saturated carbocycles. The topological polar surface area (TPSA) is 69.0 Å². The van der Waals surface area contributed by atoms with E-state index in [0.717, 1.165) is 35.2 Å². The quantitative estimate of drug-likeness (QED) is 0.748. The third-order valence-corrected chi connectivity index (χ3v) is 5.74. The molecule has 0 spiro atoms. The maximum absolute atomic E-state index is 12.6. The summed E-state index contributed by atoms with van der Waals surface area (Å²) < 4.78 is 7.72. The van der Waals surface area contributed by atoms with Crippen molar-refractivity contribution in [2.45, 2.75) is 39.7 Å². The van der Waals surface area contributed by atoms with Crippen LogP contribution in [0.3, 0.4) is 0 Å². The lowest BCUT2D eigenvalue weighted by Crippen LogP contribution is -2.30. The standard InChI is InChI=1S/C20H22N4O2S/c1-11-7-12(2)9-14(8-11)26-13(3)19(25)23-20-22-18-15-10-21-24(4)16(15)5-6-17(18)27-20/h7-10,13H,5-6H2,1-4H3,(H,22,23,25). The Morgan fingerprint density at radius 2 is 2.00 bits per heavy atom. The Bertz CT molecular complexity index is 1000. The predicted octanol–water partition coefficient (Wildman–Crippen LogP) is 3.67. The number of nitrogens with zero attached hydrogens (tertiary/aromatic N) is 3. The van der Waals surface area contributed by atoms with Gasteiger partial charge in [0.15, 0.2) is 11.2 Å². The molecule has 0 radical (unpaired) electrons. The SMILES string of the molecule is Cc1cc(C)cc(OC(C)C(=O)Nc2nc3c(s2)CCc2c-3cnn2C)c1. The molecule has 4 rings (SSSR count). The second-order valence-corrected chi connectivity index (χ2v) is 8.08. The molecule has 1 aliphatic carbocycles. The smallest absolute Gasteiger partial charge is 0.266 e. The zero-order chi connectivity index (χ0) is 19.1. The van der Waals surface area contributed by atoms with Gasteiger partial charge in [-0.15, -0.1) is 11.3 Å². The van der Waals surface area contributed by atoms with Crippen LogP contribution in [0.4, 0.5) is 5.13 Å². The van der Waals surface area contributed by atoms with Crippen LogP contribution in [-0.4, -0.2) is 26.8 Å². The van der Waals surface area contributed by atoms with Gasteiger partial charge in [-0.05, 0) is 56.9 Å². The van der Waals surface area contributed by atoms with Crippen molar-refractivity contribution in [2.24, 2.45) is 7.05 Å². The number of thiazole rings is 1. The fourth-order valence-electron chi connectivity index (χ4n) is 3.44. The van der Waals surface area contributed by atoms with Crippen molar-refractivity contribution >= 4 is 22.4 Å². The largest absolute Gasteiger partial charge is 0.481 e. The molecule has 1 N–H and O–H groups in total. The number of hydrogen-bond donors (Lipinski definition) is 1. The first-order valence-corrected chi connectivity index (χ1v) is 9.79. The lowest BCUT2D eigenvalue weighted by atomic mass is 10.0. The molecule has 27 heavy (non-hydrogen) atoms. The molecule has 1 atom stereocenters. The van der Waals surface area contributed by atoms with Crippen LogP contribution in [0.5, 0.6) is 5.75 Å². The van der Waals surface area contributed by atoms with E-state index in [9.17, 15) is 4.79 Å². The first kappa shape index (κ1) is 17.7. The van der Waals surface area contributed by atoms with E-state index in [1.165, 1.54) is 21.9 Å². The van der Waals surface area contributed by atoms with Crippen molar-refractivity contribution in [3.8, 4) is 17.0 Å². The third kappa shape index (κ3) is 3.47. The van der Waals surface area contributed by atoms with Crippen molar-refractivity contribution in [1.29, 1.82) is 0 Å². The number of benzene rings is 1. The van der Waals surface area contributed by atoms with Gasteiger partial charge in [0.25, 0.3) is 5.91 Å². The van der Waals surface area contributed by atoms with Gasteiger partial charge in [0, 0.05) is 23.2 Å². The molecule has 1 unspecified atom stereocenters. The molecule has 6 nitrogen and oxygen atoms in total. The number of fused-ring (bicyclic) bond motifs is 3. The number of aryl methyl sites for hydroxylation is 4. The van der Waals surface area contributed by atoms with Crippen molar-refractivity contribution in [3.63, 3.8) is 0 Å². The van der Waals surface area contributed by atoms with Crippen LogP contribution in [0.15, 0.2) is 24.4 Å². The molecule has 0 aliphatic heterocycles. The Morgan fingerprint density at radius 1 is 1.26 bits per heavy atom. The van der Waals surface area contributed by atoms with Gasteiger partial charge < -0.3 is 4.74 Å². The van der Waals surface area contributed by atoms with Gasteiger partial charge in [-0.3, -0.25) is 14.8 Å². The summed E-state index contributed by atoms with van der Waals surface area (Å²) >= 11 is 1.53. The van der Waals surface area contributed by atoms with Crippen LogP contribution in [0.1, 0.15) is 28.6 Å². The molecule has 0 bridgehead atoms. The summed E-state index contributed by atoms with van der Waals surface area (Å²) in [5.41, 5.74) is 5.41. The van der Waals surface area contributed by atoms with Crippen molar-refractivity contribution < 1.29 is 9.53 Å². The lowest BCUT2D eigenvalue weighted by Gasteiger charge is -2.14. The van der Waals surface area contributed by atoms with Gasteiger partial charge in [-0.1, -0.05) is 6.07 Å². The summed E-state index contributed by atoms with van der Waals surface area (Å²) in [5.74, 6) is 0.500. The Hall–Kier alpha value is -2.67. The molecule has 1 aromatic carbocycles.